The molecule has 1 N–H and O–H groups in total. The van der Waals surface area contributed by atoms with Crippen LogP contribution in [0, 0.1) is 0 Å². The summed E-state index contributed by atoms with van der Waals surface area (Å²) in [4.78, 5) is -0.0803. The van der Waals surface area contributed by atoms with E-state index in [1.54, 1.807) is 6.07 Å². The molecule has 23 heavy (non-hydrogen) atoms. The van der Waals surface area contributed by atoms with Crippen LogP contribution in [0.2, 0.25) is 0 Å². The van der Waals surface area contributed by atoms with Crippen LogP contribution in [0.3, 0.4) is 0 Å². The van der Waals surface area contributed by atoms with Crippen molar-refractivity contribution in [1.29, 1.82) is 0 Å². The summed E-state index contributed by atoms with van der Waals surface area (Å²) in [6.07, 6.45) is -4.62. The molecule has 0 bridgehead atoms. The molecule has 0 amide bonds. The standard InChI is InChI=1S/C14H11BrF3NO3S/c1-22-12-6-9(14(16,17)18)5-11(8-12)19-23(20,21)13-4-2-3-10(15)7-13/h2-8,19H,1H3. The van der Waals surface area contributed by atoms with Gasteiger partial charge in [-0.25, -0.2) is 8.42 Å². The van der Waals surface area contributed by atoms with Crippen LogP contribution in [-0.4, -0.2) is 15.5 Å². The summed E-state index contributed by atoms with van der Waals surface area (Å²) < 4.78 is 70.5. The summed E-state index contributed by atoms with van der Waals surface area (Å²) in [5.41, 5.74) is -1.25. The highest BCUT2D eigenvalue weighted by atomic mass is 79.9. The van der Waals surface area contributed by atoms with Gasteiger partial charge in [0.1, 0.15) is 5.75 Å². The van der Waals surface area contributed by atoms with Crippen LogP contribution < -0.4 is 9.46 Å². The highest BCUT2D eigenvalue weighted by molar-refractivity contribution is 9.10. The number of ether oxygens (including phenoxy) is 1. The number of hydrogen-bond donors (Lipinski definition) is 1. The van der Waals surface area contributed by atoms with E-state index in [0.717, 1.165) is 6.07 Å². The average Bonchev–Trinajstić information content (AvgIpc) is 2.45. The normalized spacial score (nSPS) is 12.0. The number of benzene rings is 2. The fourth-order valence-corrected chi connectivity index (χ4v) is 3.42. The molecule has 0 spiro atoms. The molecule has 0 unspecified atom stereocenters. The van der Waals surface area contributed by atoms with Crippen LogP contribution in [0.5, 0.6) is 5.75 Å². The number of nitrogens with one attached hydrogen (secondary N) is 1. The molecule has 9 heteroatoms. The molecule has 0 aliphatic heterocycles. The summed E-state index contributed by atoms with van der Waals surface area (Å²) in [7, 11) is -2.83. The third-order valence-electron chi connectivity index (χ3n) is 2.83. The van der Waals surface area contributed by atoms with Crippen LogP contribution in [0.15, 0.2) is 51.8 Å². The molecule has 0 aliphatic carbocycles. The lowest BCUT2D eigenvalue weighted by Crippen LogP contribution is -2.14. The maximum atomic E-state index is 12.9. The molecule has 4 nitrogen and oxygen atoms in total. The van der Waals surface area contributed by atoms with Gasteiger partial charge in [0.15, 0.2) is 0 Å². The minimum Gasteiger partial charge on any atom is -0.497 e. The topological polar surface area (TPSA) is 55.4 Å². The molecular weight excluding hydrogens is 399 g/mol. The lowest BCUT2D eigenvalue weighted by Gasteiger charge is -2.13. The third-order valence-corrected chi connectivity index (χ3v) is 4.70. The van der Waals surface area contributed by atoms with Gasteiger partial charge in [0.2, 0.25) is 0 Å². The van der Waals surface area contributed by atoms with Gasteiger partial charge in [-0.15, -0.1) is 0 Å². The van der Waals surface area contributed by atoms with E-state index in [2.05, 4.69) is 20.7 Å². The molecule has 2 aromatic carbocycles. The van der Waals surface area contributed by atoms with Gasteiger partial charge >= 0.3 is 6.18 Å². The number of methoxy groups -OCH3 is 1. The molecule has 0 aliphatic rings. The Morgan fingerprint density at radius 2 is 1.83 bits per heavy atom. The first-order valence-electron chi connectivity index (χ1n) is 6.16. The van der Waals surface area contributed by atoms with Gasteiger partial charge in [-0.1, -0.05) is 22.0 Å². The third kappa shape index (κ3) is 4.38. The monoisotopic (exact) mass is 409 g/mol. The Morgan fingerprint density at radius 3 is 2.39 bits per heavy atom. The Kier molecular flexibility index (Phi) is 4.90. The largest absolute Gasteiger partial charge is 0.497 e. The first-order valence-corrected chi connectivity index (χ1v) is 8.44. The van der Waals surface area contributed by atoms with Crippen LogP contribution in [0.1, 0.15) is 5.56 Å². The predicted octanol–water partition coefficient (Wildman–Crippen LogP) is 4.28. The van der Waals surface area contributed by atoms with Crippen molar-refractivity contribution in [2.45, 2.75) is 11.1 Å². The number of halogens is 4. The fraction of sp³-hybridized carbons (Fsp3) is 0.143. The van der Waals surface area contributed by atoms with E-state index in [0.29, 0.717) is 10.5 Å². The van der Waals surface area contributed by atoms with Crippen LogP contribution in [0.25, 0.3) is 0 Å². The fourth-order valence-electron chi connectivity index (χ4n) is 1.79. The highest BCUT2D eigenvalue weighted by Gasteiger charge is 2.32. The summed E-state index contributed by atoms with van der Waals surface area (Å²) in [5.74, 6) is -0.105. The molecule has 124 valence electrons. The lowest BCUT2D eigenvalue weighted by molar-refractivity contribution is -0.137. The smallest absolute Gasteiger partial charge is 0.416 e. The maximum absolute atomic E-state index is 12.9. The average molecular weight is 410 g/mol. The van der Waals surface area contributed by atoms with Gasteiger partial charge < -0.3 is 4.74 Å². The van der Waals surface area contributed by atoms with E-state index in [-0.39, 0.29) is 16.3 Å². The molecule has 0 radical (unpaired) electrons. The van der Waals surface area contributed by atoms with Crippen LogP contribution >= 0.6 is 15.9 Å². The Bertz CT molecular complexity index is 822. The number of hydrogen-bond acceptors (Lipinski definition) is 3. The number of sulfonamides is 1. The van der Waals surface area contributed by atoms with E-state index < -0.39 is 21.8 Å². The SMILES string of the molecule is COc1cc(NS(=O)(=O)c2cccc(Br)c2)cc(C(F)(F)F)c1. The number of rotatable bonds is 4. The zero-order valence-electron chi connectivity index (χ0n) is 11.7. The van der Waals surface area contributed by atoms with E-state index >= 15 is 0 Å². The molecular formula is C14H11BrF3NO3S. The Balaban J connectivity index is 2.43. The Hall–Kier alpha value is -1.74. The Labute approximate surface area is 139 Å². The van der Waals surface area contributed by atoms with Gasteiger partial charge in [-0.05, 0) is 30.3 Å². The molecule has 0 aromatic heterocycles. The van der Waals surface area contributed by atoms with Crippen molar-refractivity contribution < 1.29 is 26.3 Å². The van der Waals surface area contributed by atoms with Gasteiger partial charge in [-0.2, -0.15) is 13.2 Å². The van der Waals surface area contributed by atoms with Crippen molar-refractivity contribution >= 4 is 31.6 Å². The van der Waals surface area contributed by atoms with Gasteiger partial charge in [-0.3, -0.25) is 4.72 Å². The molecule has 2 rings (SSSR count). The molecule has 0 saturated heterocycles. The first-order chi connectivity index (χ1) is 10.6. The quantitative estimate of drug-likeness (QED) is 0.819. The Morgan fingerprint density at radius 1 is 1.13 bits per heavy atom. The summed E-state index contributed by atoms with van der Waals surface area (Å²) in [6, 6.07) is 8.47. The number of anilines is 1. The predicted molar refractivity (Wildman–Crippen MR) is 82.9 cm³/mol. The molecule has 0 fully saturated rings. The van der Waals surface area contributed by atoms with Crippen molar-refractivity contribution in [1.82, 2.24) is 0 Å². The zero-order chi connectivity index (χ0) is 17.3. The van der Waals surface area contributed by atoms with Crippen LogP contribution in [0.4, 0.5) is 18.9 Å². The van der Waals surface area contributed by atoms with Crippen molar-refractivity contribution in [3.63, 3.8) is 0 Å². The maximum Gasteiger partial charge on any atom is 0.416 e. The minimum absolute atomic E-state index is 0.0803. The second-order valence-corrected chi connectivity index (χ2v) is 7.11. The van der Waals surface area contributed by atoms with Gasteiger partial charge in [0.25, 0.3) is 10.0 Å². The van der Waals surface area contributed by atoms with E-state index in [4.69, 9.17) is 4.74 Å². The zero-order valence-corrected chi connectivity index (χ0v) is 14.1. The summed E-state index contributed by atoms with van der Waals surface area (Å²) >= 11 is 3.14. The van der Waals surface area contributed by atoms with Gasteiger partial charge in [0.05, 0.1) is 23.3 Å². The minimum atomic E-state index is -4.62. The van der Waals surface area contributed by atoms with Gasteiger partial charge in [0, 0.05) is 10.5 Å². The van der Waals surface area contributed by atoms with Crippen molar-refractivity contribution in [2.75, 3.05) is 11.8 Å². The molecule has 0 heterocycles. The van der Waals surface area contributed by atoms with E-state index in [1.807, 2.05) is 0 Å². The molecule has 0 saturated carbocycles. The summed E-state index contributed by atoms with van der Waals surface area (Å²) in [5, 5.41) is 0. The lowest BCUT2D eigenvalue weighted by atomic mass is 10.2. The first kappa shape index (κ1) is 17.6. The van der Waals surface area contributed by atoms with Crippen molar-refractivity contribution in [2.24, 2.45) is 0 Å². The van der Waals surface area contributed by atoms with Crippen molar-refractivity contribution in [3.8, 4) is 5.75 Å². The number of alkyl halides is 3. The van der Waals surface area contributed by atoms with Crippen LogP contribution in [-0.2, 0) is 16.2 Å². The van der Waals surface area contributed by atoms with E-state index in [9.17, 15) is 21.6 Å². The van der Waals surface area contributed by atoms with Crippen molar-refractivity contribution in [3.05, 3.63) is 52.5 Å². The molecule has 0 atom stereocenters. The second-order valence-electron chi connectivity index (χ2n) is 4.51. The van der Waals surface area contributed by atoms with E-state index in [1.165, 1.54) is 31.4 Å². The molecule has 2 aromatic rings. The summed E-state index contributed by atoms with van der Waals surface area (Å²) in [6.45, 7) is 0. The second kappa shape index (κ2) is 6.40. The highest BCUT2D eigenvalue weighted by Crippen LogP contribution is 2.34.